The van der Waals surface area contributed by atoms with Crippen molar-refractivity contribution in [2.24, 2.45) is 0 Å². The van der Waals surface area contributed by atoms with Crippen molar-refractivity contribution in [2.75, 3.05) is 6.54 Å². The standard InChI is InChI=1S/C12H15N5S/c1-8-13-5-10(15-8)7-17-3-2-11-9(6-17)4-14-12(18)16-11/h4-5H,2-3,6-7H2,1H3,(H,13,15)(H,14,16,18). The third-order valence-corrected chi connectivity index (χ3v) is 3.41. The van der Waals surface area contributed by atoms with Crippen molar-refractivity contribution in [2.45, 2.75) is 26.4 Å². The molecule has 0 radical (unpaired) electrons. The van der Waals surface area contributed by atoms with E-state index in [0.717, 1.165) is 37.6 Å². The summed E-state index contributed by atoms with van der Waals surface area (Å²) in [6.07, 6.45) is 4.79. The van der Waals surface area contributed by atoms with Crippen molar-refractivity contribution in [3.63, 3.8) is 0 Å². The molecule has 0 atom stereocenters. The molecule has 1 aliphatic heterocycles. The van der Waals surface area contributed by atoms with E-state index in [1.54, 1.807) is 0 Å². The van der Waals surface area contributed by atoms with E-state index in [9.17, 15) is 0 Å². The van der Waals surface area contributed by atoms with Gasteiger partial charge < -0.3 is 9.97 Å². The lowest BCUT2D eigenvalue weighted by atomic mass is 10.1. The Morgan fingerprint density at radius 2 is 2.22 bits per heavy atom. The van der Waals surface area contributed by atoms with E-state index in [1.165, 1.54) is 11.3 Å². The van der Waals surface area contributed by atoms with Gasteiger partial charge in [-0.15, -0.1) is 0 Å². The molecule has 0 aromatic carbocycles. The van der Waals surface area contributed by atoms with E-state index in [1.807, 2.05) is 19.3 Å². The van der Waals surface area contributed by atoms with E-state index in [-0.39, 0.29) is 0 Å². The molecule has 3 heterocycles. The van der Waals surface area contributed by atoms with Gasteiger partial charge in [-0.1, -0.05) is 0 Å². The maximum absolute atomic E-state index is 5.04. The third kappa shape index (κ3) is 2.34. The SMILES string of the molecule is Cc1ncc(CN2CCc3[nH]c(=S)ncc3C2)[nH]1. The first kappa shape index (κ1) is 11.6. The fraction of sp³-hybridized carbons (Fsp3) is 0.417. The van der Waals surface area contributed by atoms with Crippen molar-refractivity contribution in [1.29, 1.82) is 0 Å². The molecule has 2 N–H and O–H groups in total. The lowest BCUT2D eigenvalue weighted by molar-refractivity contribution is 0.240. The molecule has 0 fully saturated rings. The van der Waals surface area contributed by atoms with Crippen LogP contribution < -0.4 is 0 Å². The summed E-state index contributed by atoms with van der Waals surface area (Å²) in [4.78, 5) is 17.2. The van der Waals surface area contributed by atoms with Crippen LogP contribution in [0.3, 0.4) is 0 Å². The molecule has 2 aromatic heterocycles. The van der Waals surface area contributed by atoms with Gasteiger partial charge in [0.05, 0.1) is 0 Å². The second-order valence-electron chi connectivity index (χ2n) is 4.65. The number of nitrogens with one attached hydrogen (secondary N) is 2. The molecule has 0 bridgehead atoms. The summed E-state index contributed by atoms with van der Waals surface area (Å²) in [6.45, 7) is 4.81. The van der Waals surface area contributed by atoms with Crippen molar-refractivity contribution < 1.29 is 0 Å². The highest BCUT2D eigenvalue weighted by Gasteiger charge is 2.17. The van der Waals surface area contributed by atoms with Gasteiger partial charge in [0.1, 0.15) is 5.82 Å². The van der Waals surface area contributed by atoms with Crippen molar-refractivity contribution in [1.82, 2.24) is 24.8 Å². The summed E-state index contributed by atoms with van der Waals surface area (Å²) >= 11 is 5.04. The summed E-state index contributed by atoms with van der Waals surface area (Å²) in [6, 6.07) is 0. The molecular weight excluding hydrogens is 246 g/mol. The molecule has 0 amide bonds. The number of nitrogens with zero attached hydrogens (tertiary/aromatic N) is 3. The number of imidazole rings is 1. The first-order valence-corrected chi connectivity index (χ1v) is 6.41. The van der Waals surface area contributed by atoms with Crippen molar-refractivity contribution >= 4 is 12.2 Å². The Bertz CT molecular complexity index is 615. The molecule has 2 aromatic rings. The largest absolute Gasteiger partial charge is 0.345 e. The van der Waals surface area contributed by atoms with Crippen LogP contribution in [-0.2, 0) is 19.5 Å². The van der Waals surface area contributed by atoms with Crippen LogP contribution >= 0.6 is 12.2 Å². The summed E-state index contributed by atoms with van der Waals surface area (Å²) < 4.78 is 0.575. The van der Waals surface area contributed by atoms with Crippen LogP contribution in [0.5, 0.6) is 0 Å². The molecule has 0 saturated heterocycles. The normalized spacial score (nSPS) is 15.6. The molecule has 3 rings (SSSR count). The van der Waals surface area contributed by atoms with Gasteiger partial charge in [-0.05, 0) is 19.1 Å². The number of aromatic nitrogens is 4. The number of fused-ring (bicyclic) bond motifs is 1. The monoisotopic (exact) mass is 261 g/mol. The minimum absolute atomic E-state index is 0.575. The lowest BCUT2D eigenvalue weighted by Gasteiger charge is -2.27. The van der Waals surface area contributed by atoms with Crippen LogP contribution in [0, 0.1) is 11.7 Å². The lowest BCUT2D eigenvalue weighted by Crippen LogP contribution is -2.31. The Morgan fingerprint density at radius 3 is 3.00 bits per heavy atom. The van der Waals surface area contributed by atoms with E-state index in [0.29, 0.717) is 4.77 Å². The van der Waals surface area contributed by atoms with Crippen LogP contribution in [0.2, 0.25) is 0 Å². The minimum atomic E-state index is 0.575. The highest BCUT2D eigenvalue weighted by atomic mass is 32.1. The fourth-order valence-electron chi connectivity index (χ4n) is 2.33. The van der Waals surface area contributed by atoms with Crippen LogP contribution in [0.1, 0.15) is 22.8 Å². The molecule has 0 spiro atoms. The van der Waals surface area contributed by atoms with E-state index < -0.39 is 0 Å². The Kier molecular flexibility index (Phi) is 2.97. The van der Waals surface area contributed by atoms with E-state index >= 15 is 0 Å². The van der Waals surface area contributed by atoms with Gasteiger partial charge in [0.2, 0.25) is 0 Å². The van der Waals surface area contributed by atoms with Crippen molar-refractivity contribution in [3.05, 3.63) is 39.9 Å². The minimum Gasteiger partial charge on any atom is -0.345 e. The highest BCUT2D eigenvalue weighted by Crippen LogP contribution is 2.17. The predicted molar refractivity (Wildman–Crippen MR) is 70.6 cm³/mol. The van der Waals surface area contributed by atoms with Gasteiger partial charge >= 0.3 is 0 Å². The number of aryl methyl sites for hydroxylation is 1. The van der Waals surface area contributed by atoms with Gasteiger partial charge in [0, 0.05) is 55.4 Å². The topological polar surface area (TPSA) is 60.6 Å². The number of hydrogen-bond donors (Lipinski definition) is 2. The zero-order valence-electron chi connectivity index (χ0n) is 10.2. The summed E-state index contributed by atoms with van der Waals surface area (Å²) in [5, 5.41) is 0. The van der Waals surface area contributed by atoms with Gasteiger partial charge in [0.15, 0.2) is 4.77 Å². The maximum atomic E-state index is 5.04. The number of hydrogen-bond acceptors (Lipinski definition) is 4. The average Bonchev–Trinajstić information content (AvgIpc) is 2.75. The maximum Gasteiger partial charge on any atom is 0.196 e. The van der Waals surface area contributed by atoms with Gasteiger partial charge in [0.25, 0.3) is 0 Å². The van der Waals surface area contributed by atoms with Gasteiger partial charge in [-0.2, -0.15) is 0 Å². The van der Waals surface area contributed by atoms with Gasteiger partial charge in [-0.25, -0.2) is 9.97 Å². The number of aromatic amines is 2. The number of rotatable bonds is 2. The molecule has 18 heavy (non-hydrogen) atoms. The first-order valence-electron chi connectivity index (χ1n) is 6.00. The molecule has 6 heteroatoms. The molecule has 0 aliphatic carbocycles. The Labute approximate surface area is 110 Å². The van der Waals surface area contributed by atoms with Crippen LogP contribution in [-0.4, -0.2) is 31.4 Å². The second-order valence-corrected chi connectivity index (χ2v) is 5.03. The molecular formula is C12H15N5S. The molecule has 5 nitrogen and oxygen atoms in total. The summed E-state index contributed by atoms with van der Waals surface area (Å²) in [7, 11) is 0. The molecule has 94 valence electrons. The van der Waals surface area contributed by atoms with Crippen LogP contribution in [0.15, 0.2) is 12.4 Å². The Hall–Kier alpha value is -1.53. The average molecular weight is 261 g/mol. The fourth-order valence-corrected chi connectivity index (χ4v) is 2.51. The molecule has 0 unspecified atom stereocenters. The molecule has 0 saturated carbocycles. The third-order valence-electron chi connectivity index (χ3n) is 3.20. The summed E-state index contributed by atoms with van der Waals surface area (Å²) in [5.41, 5.74) is 3.63. The highest BCUT2D eigenvalue weighted by molar-refractivity contribution is 7.71. The summed E-state index contributed by atoms with van der Waals surface area (Å²) in [5.74, 6) is 0.966. The zero-order chi connectivity index (χ0) is 12.5. The van der Waals surface area contributed by atoms with Gasteiger partial charge in [-0.3, -0.25) is 4.90 Å². The Balaban J connectivity index is 1.75. The first-order chi connectivity index (χ1) is 8.70. The Morgan fingerprint density at radius 1 is 1.33 bits per heavy atom. The van der Waals surface area contributed by atoms with E-state index in [2.05, 4.69) is 24.8 Å². The van der Waals surface area contributed by atoms with Crippen LogP contribution in [0.4, 0.5) is 0 Å². The van der Waals surface area contributed by atoms with Crippen LogP contribution in [0.25, 0.3) is 0 Å². The molecule has 1 aliphatic rings. The predicted octanol–water partition coefficient (Wildman–Crippen LogP) is 1.73. The zero-order valence-corrected chi connectivity index (χ0v) is 11.0. The smallest absolute Gasteiger partial charge is 0.196 e. The second kappa shape index (κ2) is 4.62. The van der Waals surface area contributed by atoms with E-state index in [4.69, 9.17) is 12.2 Å². The van der Waals surface area contributed by atoms with Crippen molar-refractivity contribution in [3.8, 4) is 0 Å². The number of H-pyrrole nitrogens is 2. The quantitative estimate of drug-likeness (QED) is 0.808.